The van der Waals surface area contributed by atoms with Crippen molar-refractivity contribution < 1.29 is 32.2 Å². The summed E-state index contributed by atoms with van der Waals surface area (Å²) >= 11 is 0. The summed E-state index contributed by atoms with van der Waals surface area (Å²) in [6.07, 6.45) is 4.51. The zero-order valence-electron chi connectivity index (χ0n) is 17.5. The number of esters is 1. The highest BCUT2D eigenvalue weighted by atomic mass is 19.3. The zero-order valence-corrected chi connectivity index (χ0v) is 17.5. The van der Waals surface area contributed by atoms with Crippen LogP contribution in [-0.2, 0) is 11.3 Å². The van der Waals surface area contributed by atoms with Crippen molar-refractivity contribution in [1.82, 2.24) is 19.7 Å². The van der Waals surface area contributed by atoms with Crippen LogP contribution in [-0.4, -0.2) is 46.5 Å². The summed E-state index contributed by atoms with van der Waals surface area (Å²) in [6.45, 7) is -2.87. The molecule has 0 aliphatic rings. The normalized spacial score (nSPS) is 11.1. The molecule has 8 nitrogen and oxygen atoms in total. The number of aromatic nitrogens is 4. The number of nitrogens with zero attached hydrogens (tertiary/aromatic N) is 4. The van der Waals surface area contributed by atoms with E-state index < -0.39 is 18.4 Å². The quantitative estimate of drug-likeness (QED) is 0.386. The van der Waals surface area contributed by atoms with Crippen molar-refractivity contribution in [1.29, 1.82) is 0 Å². The third-order valence-electron chi connectivity index (χ3n) is 4.74. The van der Waals surface area contributed by atoms with Crippen LogP contribution in [0.5, 0.6) is 11.5 Å². The van der Waals surface area contributed by atoms with Crippen LogP contribution in [0.3, 0.4) is 0 Å². The molecule has 0 bridgehead atoms. The molecule has 0 aliphatic carbocycles. The highest BCUT2D eigenvalue weighted by molar-refractivity contribution is 6.03. The average Bonchev–Trinajstić information content (AvgIpc) is 3.20. The van der Waals surface area contributed by atoms with E-state index in [0.717, 1.165) is 0 Å². The van der Waals surface area contributed by atoms with Gasteiger partial charge in [-0.05, 0) is 24.3 Å². The zero-order chi connectivity index (χ0) is 23.5. The predicted molar refractivity (Wildman–Crippen MR) is 111 cm³/mol. The summed E-state index contributed by atoms with van der Waals surface area (Å²) in [5, 5.41) is 4.66. The lowest BCUT2D eigenvalue weighted by atomic mass is 10.1. The van der Waals surface area contributed by atoms with Crippen molar-refractivity contribution in [3.63, 3.8) is 0 Å². The molecule has 11 heteroatoms. The van der Waals surface area contributed by atoms with Crippen LogP contribution in [0.4, 0.5) is 13.2 Å². The first-order chi connectivity index (χ1) is 15.9. The molecule has 2 aromatic heterocycles. The van der Waals surface area contributed by atoms with E-state index in [1.54, 1.807) is 18.5 Å². The van der Waals surface area contributed by atoms with E-state index in [4.69, 9.17) is 9.47 Å². The van der Waals surface area contributed by atoms with Gasteiger partial charge in [-0.3, -0.25) is 4.68 Å². The fourth-order valence-electron chi connectivity index (χ4n) is 3.33. The number of carbonyl (C=O) groups is 1. The Morgan fingerprint density at radius 2 is 1.79 bits per heavy atom. The van der Waals surface area contributed by atoms with Crippen LogP contribution in [0, 0.1) is 5.82 Å². The molecule has 0 spiro atoms. The molecule has 0 saturated heterocycles. The third kappa shape index (κ3) is 4.71. The minimum Gasteiger partial charge on any atom is -0.497 e. The molecule has 0 amide bonds. The lowest BCUT2D eigenvalue weighted by molar-refractivity contribution is -0.0498. The Balaban J connectivity index is 1.66. The summed E-state index contributed by atoms with van der Waals surface area (Å²) in [5.74, 6) is -0.758. The molecule has 0 N–H and O–H groups in total. The molecule has 0 atom stereocenters. The lowest BCUT2D eigenvalue weighted by Crippen LogP contribution is -2.10. The van der Waals surface area contributed by atoms with Crippen molar-refractivity contribution in [2.75, 3.05) is 14.2 Å². The Morgan fingerprint density at radius 3 is 2.45 bits per heavy atom. The summed E-state index contributed by atoms with van der Waals surface area (Å²) in [6, 6.07) is 6.68. The second-order valence-corrected chi connectivity index (χ2v) is 6.88. The summed E-state index contributed by atoms with van der Waals surface area (Å²) in [5.41, 5.74) is 1.48. The van der Waals surface area contributed by atoms with Crippen LogP contribution in [0.15, 0.2) is 48.9 Å². The highest BCUT2D eigenvalue weighted by Crippen LogP contribution is 2.28. The summed E-state index contributed by atoms with van der Waals surface area (Å²) < 4.78 is 54.8. The number of carbonyl (C=O) groups excluding carboxylic acids is 1. The van der Waals surface area contributed by atoms with Gasteiger partial charge in [0.25, 0.3) is 0 Å². The molecule has 0 fully saturated rings. The van der Waals surface area contributed by atoms with Crippen LogP contribution in [0.1, 0.15) is 15.9 Å². The van der Waals surface area contributed by atoms with Gasteiger partial charge in [0.05, 0.1) is 38.0 Å². The molecule has 0 unspecified atom stereocenters. The number of benzene rings is 2. The second-order valence-electron chi connectivity index (χ2n) is 6.88. The molecule has 4 aromatic rings. The standard InChI is InChI=1S/C22H17F3N4O4/c1-31-16-4-13(3-15(23)6-16)20-26-8-12(9-27-20)11-29-19-14(10-28-29)5-17(33-22(24)25)7-18(19)21(30)32-2/h3-10,22H,11H2,1-2H3. The lowest BCUT2D eigenvalue weighted by Gasteiger charge is -2.10. The van der Waals surface area contributed by atoms with Gasteiger partial charge >= 0.3 is 12.6 Å². The van der Waals surface area contributed by atoms with Gasteiger partial charge in [0, 0.05) is 35.0 Å². The smallest absolute Gasteiger partial charge is 0.387 e. The topological polar surface area (TPSA) is 88.4 Å². The van der Waals surface area contributed by atoms with Crippen molar-refractivity contribution in [2.24, 2.45) is 0 Å². The fourth-order valence-corrected chi connectivity index (χ4v) is 3.33. The van der Waals surface area contributed by atoms with Crippen LogP contribution in [0.25, 0.3) is 22.3 Å². The highest BCUT2D eigenvalue weighted by Gasteiger charge is 2.19. The third-order valence-corrected chi connectivity index (χ3v) is 4.74. The van der Waals surface area contributed by atoms with Crippen molar-refractivity contribution >= 4 is 16.9 Å². The first-order valence-electron chi connectivity index (χ1n) is 9.56. The summed E-state index contributed by atoms with van der Waals surface area (Å²) in [4.78, 5) is 20.8. The maximum atomic E-state index is 13.8. The van der Waals surface area contributed by atoms with Gasteiger partial charge in [0.1, 0.15) is 17.3 Å². The molecule has 2 heterocycles. The van der Waals surface area contributed by atoms with E-state index in [1.807, 2.05) is 0 Å². The minimum atomic E-state index is -3.04. The van der Waals surface area contributed by atoms with Crippen molar-refractivity contribution in [2.45, 2.75) is 13.2 Å². The van der Waals surface area contributed by atoms with Crippen LogP contribution >= 0.6 is 0 Å². The van der Waals surface area contributed by atoms with E-state index >= 15 is 0 Å². The molecule has 2 aromatic carbocycles. The number of methoxy groups -OCH3 is 2. The van der Waals surface area contributed by atoms with E-state index in [1.165, 1.54) is 49.4 Å². The van der Waals surface area contributed by atoms with E-state index in [0.29, 0.717) is 33.6 Å². The SMILES string of the molecule is COC(=O)c1cc(OC(F)F)cc2cnn(Cc3cnc(-c4cc(F)cc(OC)c4)nc3)c12. The van der Waals surface area contributed by atoms with Gasteiger partial charge in [0.2, 0.25) is 0 Å². The van der Waals surface area contributed by atoms with E-state index in [9.17, 15) is 18.0 Å². The van der Waals surface area contributed by atoms with Gasteiger partial charge in [0.15, 0.2) is 5.82 Å². The summed E-state index contributed by atoms with van der Waals surface area (Å²) in [7, 11) is 2.62. The van der Waals surface area contributed by atoms with Gasteiger partial charge in [-0.25, -0.2) is 19.2 Å². The largest absolute Gasteiger partial charge is 0.497 e. The first-order valence-corrected chi connectivity index (χ1v) is 9.56. The molecule has 0 saturated carbocycles. The van der Waals surface area contributed by atoms with Gasteiger partial charge in [-0.2, -0.15) is 13.9 Å². The molecule has 33 heavy (non-hydrogen) atoms. The number of fused-ring (bicyclic) bond motifs is 1. The minimum absolute atomic E-state index is 0.0209. The Morgan fingerprint density at radius 1 is 1.03 bits per heavy atom. The number of rotatable bonds is 7. The maximum absolute atomic E-state index is 13.8. The Bertz CT molecular complexity index is 1310. The Kier molecular flexibility index (Phi) is 6.11. The van der Waals surface area contributed by atoms with Crippen molar-refractivity contribution in [3.8, 4) is 22.9 Å². The molecule has 170 valence electrons. The van der Waals surface area contributed by atoms with Gasteiger partial charge in [-0.15, -0.1) is 0 Å². The number of ether oxygens (including phenoxy) is 3. The first kappa shape index (κ1) is 22.1. The van der Waals surface area contributed by atoms with E-state index in [-0.39, 0.29) is 17.9 Å². The Hall–Kier alpha value is -4.15. The molecule has 0 radical (unpaired) electrons. The van der Waals surface area contributed by atoms with Crippen LogP contribution < -0.4 is 9.47 Å². The van der Waals surface area contributed by atoms with Crippen LogP contribution in [0.2, 0.25) is 0 Å². The second kappa shape index (κ2) is 9.15. The average molecular weight is 458 g/mol. The van der Waals surface area contributed by atoms with E-state index in [2.05, 4.69) is 19.8 Å². The maximum Gasteiger partial charge on any atom is 0.387 e. The number of halogens is 3. The molecule has 0 aliphatic heterocycles. The number of alkyl halides is 2. The molecule has 4 rings (SSSR count). The molecular weight excluding hydrogens is 441 g/mol. The fraction of sp³-hybridized carbons (Fsp3) is 0.182. The number of hydrogen-bond acceptors (Lipinski definition) is 7. The number of hydrogen-bond donors (Lipinski definition) is 0. The predicted octanol–water partition coefficient (Wildman–Crippen LogP) is 4.08. The van der Waals surface area contributed by atoms with Crippen molar-refractivity contribution in [3.05, 3.63) is 65.9 Å². The van der Waals surface area contributed by atoms with Gasteiger partial charge < -0.3 is 14.2 Å². The van der Waals surface area contributed by atoms with Gasteiger partial charge in [-0.1, -0.05) is 0 Å². The monoisotopic (exact) mass is 458 g/mol. The Labute approximate surface area is 185 Å². The molecular formula is C22H17F3N4O4.